The smallest absolute Gasteiger partial charge is 0.135 e. The van der Waals surface area contributed by atoms with Gasteiger partial charge in [-0.3, -0.25) is 0 Å². The topological polar surface area (TPSA) is 25.2 Å². The van der Waals surface area contributed by atoms with Crippen LogP contribution in [0.2, 0.25) is 5.02 Å². The number of rotatable bonds is 5. The first kappa shape index (κ1) is 15.3. The average Bonchev–Trinajstić information content (AvgIpc) is 2.97. The van der Waals surface area contributed by atoms with Gasteiger partial charge in [0.05, 0.1) is 11.6 Å². The van der Waals surface area contributed by atoms with Crippen LogP contribution in [-0.2, 0) is 13.1 Å². The van der Waals surface area contributed by atoms with E-state index in [-0.39, 0.29) is 0 Å². The molecule has 0 atom stereocenters. The predicted octanol–water partition coefficient (Wildman–Crippen LogP) is 5.65. The molecule has 1 N–H and O–H groups in total. The van der Waals surface area contributed by atoms with E-state index < -0.39 is 0 Å². The van der Waals surface area contributed by atoms with Crippen LogP contribution in [0.4, 0.5) is 0 Å². The Labute approximate surface area is 143 Å². The van der Waals surface area contributed by atoms with Crippen LogP contribution in [0.25, 0.3) is 11.3 Å². The highest BCUT2D eigenvalue weighted by atomic mass is 79.9. The van der Waals surface area contributed by atoms with Crippen molar-refractivity contribution in [3.05, 3.63) is 81.5 Å². The van der Waals surface area contributed by atoms with Crippen molar-refractivity contribution in [3.63, 3.8) is 0 Å². The number of furan rings is 1. The minimum absolute atomic E-state index is 0.674. The van der Waals surface area contributed by atoms with E-state index in [4.69, 9.17) is 16.0 Å². The Morgan fingerprint density at radius 2 is 1.77 bits per heavy atom. The summed E-state index contributed by atoms with van der Waals surface area (Å²) < 4.78 is 6.82. The minimum Gasteiger partial charge on any atom is -0.460 e. The SMILES string of the molecule is Clc1cc(Br)ccc1-c1ccc(CNCc2ccccc2)o1. The molecule has 0 unspecified atom stereocenters. The summed E-state index contributed by atoms with van der Waals surface area (Å²) in [5, 5.41) is 4.05. The number of nitrogens with one attached hydrogen (secondary N) is 1. The van der Waals surface area contributed by atoms with Crippen molar-refractivity contribution >= 4 is 27.5 Å². The molecule has 4 heteroatoms. The van der Waals surface area contributed by atoms with Gasteiger partial charge in [0.2, 0.25) is 0 Å². The maximum Gasteiger partial charge on any atom is 0.135 e. The fourth-order valence-corrected chi connectivity index (χ4v) is 3.00. The molecular formula is C18H15BrClNO. The van der Waals surface area contributed by atoms with E-state index in [2.05, 4.69) is 33.4 Å². The molecular weight excluding hydrogens is 362 g/mol. The normalized spacial score (nSPS) is 10.8. The van der Waals surface area contributed by atoms with Crippen molar-refractivity contribution in [1.82, 2.24) is 5.32 Å². The molecule has 1 aromatic heterocycles. The first-order valence-corrected chi connectivity index (χ1v) is 8.18. The molecule has 0 saturated heterocycles. The Morgan fingerprint density at radius 3 is 2.55 bits per heavy atom. The Morgan fingerprint density at radius 1 is 0.955 bits per heavy atom. The summed E-state index contributed by atoms with van der Waals surface area (Å²) in [4.78, 5) is 0. The van der Waals surface area contributed by atoms with Gasteiger partial charge in [-0.15, -0.1) is 0 Å². The Bertz CT molecular complexity index is 755. The predicted molar refractivity (Wildman–Crippen MR) is 93.8 cm³/mol. The van der Waals surface area contributed by atoms with Crippen LogP contribution in [0.15, 0.2) is 69.6 Å². The van der Waals surface area contributed by atoms with E-state index in [1.807, 2.05) is 48.5 Å². The fourth-order valence-electron chi connectivity index (χ4n) is 2.23. The van der Waals surface area contributed by atoms with Gasteiger partial charge in [0, 0.05) is 16.6 Å². The van der Waals surface area contributed by atoms with E-state index in [1.54, 1.807) is 0 Å². The minimum atomic E-state index is 0.674. The zero-order valence-electron chi connectivity index (χ0n) is 11.9. The van der Waals surface area contributed by atoms with Crippen LogP contribution in [0.3, 0.4) is 0 Å². The van der Waals surface area contributed by atoms with Gasteiger partial charge in [0.25, 0.3) is 0 Å². The first-order chi connectivity index (χ1) is 10.7. The van der Waals surface area contributed by atoms with Crippen molar-refractivity contribution in [2.75, 3.05) is 0 Å². The molecule has 22 heavy (non-hydrogen) atoms. The molecule has 0 fully saturated rings. The fraction of sp³-hybridized carbons (Fsp3) is 0.111. The van der Waals surface area contributed by atoms with E-state index in [0.717, 1.165) is 28.1 Å². The monoisotopic (exact) mass is 375 g/mol. The van der Waals surface area contributed by atoms with Crippen molar-refractivity contribution in [1.29, 1.82) is 0 Å². The summed E-state index contributed by atoms with van der Waals surface area (Å²) in [5.74, 6) is 1.68. The van der Waals surface area contributed by atoms with Gasteiger partial charge >= 0.3 is 0 Å². The number of halogens is 2. The molecule has 3 rings (SSSR count). The van der Waals surface area contributed by atoms with Crippen molar-refractivity contribution in [2.24, 2.45) is 0 Å². The van der Waals surface area contributed by atoms with Crippen molar-refractivity contribution < 1.29 is 4.42 Å². The van der Waals surface area contributed by atoms with Crippen molar-refractivity contribution in [3.8, 4) is 11.3 Å². The van der Waals surface area contributed by atoms with E-state index in [1.165, 1.54) is 5.56 Å². The summed E-state index contributed by atoms with van der Waals surface area (Å²) in [7, 11) is 0. The highest BCUT2D eigenvalue weighted by molar-refractivity contribution is 9.10. The van der Waals surface area contributed by atoms with E-state index in [0.29, 0.717) is 11.6 Å². The van der Waals surface area contributed by atoms with Gasteiger partial charge in [-0.2, -0.15) is 0 Å². The summed E-state index contributed by atoms with van der Waals surface area (Å²) >= 11 is 9.66. The summed E-state index contributed by atoms with van der Waals surface area (Å²) in [5.41, 5.74) is 2.16. The van der Waals surface area contributed by atoms with Crippen LogP contribution in [-0.4, -0.2) is 0 Å². The standard InChI is InChI=1S/C18H15BrClNO/c19-14-6-8-16(17(20)10-14)18-9-7-15(22-18)12-21-11-13-4-2-1-3-5-13/h1-10,21H,11-12H2. The molecule has 0 radical (unpaired) electrons. The molecule has 0 saturated carbocycles. The van der Waals surface area contributed by atoms with Gasteiger partial charge in [-0.05, 0) is 35.9 Å². The lowest BCUT2D eigenvalue weighted by Crippen LogP contribution is -2.11. The Balaban J connectivity index is 1.64. The molecule has 112 valence electrons. The van der Waals surface area contributed by atoms with Crippen LogP contribution in [0.1, 0.15) is 11.3 Å². The summed E-state index contributed by atoms with van der Waals surface area (Å²) in [6.45, 7) is 1.50. The highest BCUT2D eigenvalue weighted by Crippen LogP contribution is 2.31. The maximum absolute atomic E-state index is 6.25. The molecule has 0 aliphatic carbocycles. The molecule has 3 aromatic rings. The van der Waals surface area contributed by atoms with Crippen LogP contribution >= 0.6 is 27.5 Å². The third kappa shape index (κ3) is 3.80. The lowest BCUT2D eigenvalue weighted by atomic mass is 10.2. The second-order valence-corrected chi connectivity index (χ2v) is 6.30. The van der Waals surface area contributed by atoms with Gasteiger partial charge < -0.3 is 9.73 Å². The number of hydrogen-bond acceptors (Lipinski definition) is 2. The van der Waals surface area contributed by atoms with Crippen molar-refractivity contribution in [2.45, 2.75) is 13.1 Å². The van der Waals surface area contributed by atoms with Gasteiger partial charge in [0.1, 0.15) is 11.5 Å². The van der Waals surface area contributed by atoms with Crippen LogP contribution in [0, 0.1) is 0 Å². The first-order valence-electron chi connectivity index (χ1n) is 7.01. The quantitative estimate of drug-likeness (QED) is 0.622. The molecule has 2 nitrogen and oxygen atoms in total. The Kier molecular flexibility index (Phi) is 4.98. The van der Waals surface area contributed by atoms with Crippen LogP contribution in [0.5, 0.6) is 0 Å². The second-order valence-electron chi connectivity index (χ2n) is 4.98. The summed E-state index contributed by atoms with van der Waals surface area (Å²) in [6.07, 6.45) is 0. The second kappa shape index (κ2) is 7.14. The third-order valence-electron chi connectivity index (χ3n) is 3.33. The third-order valence-corrected chi connectivity index (χ3v) is 4.14. The molecule has 0 aliphatic rings. The van der Waals surface area contributed by atoms with Gasteiger partial charge in [-0.25, -0.2) is 0 Å². The lowest BCUT2D eigenvalue weighted by Gasteiger charge is -2.03. The largest absolute Gasteiger partial charge is 0.460 e. The van der Waals surface area contributed by atoms with E-state index in [9.17, 15) is 0 Å². The zero-order chi connectivity index (χ0) is 15.4. The highest BCUT2D eigenvalue weighted by Gasteiger charge is 2.09. The molecule has 2 aromatic carbocycles. The van der Waals surface area contributed by atoms with Crippen LogP contribution < -0.4 is 5.32 Å². The molecule has 0 amide bonds. The average molecular weight is 377 g/mol. The molecule has 0 bridgehead atoms. The molecule has 1 heterocycles. The molecule has 0 aliphatic heterocycles. The number of hydrogen-bond donors (Lipinski definition) is 1. The number of benzene rings is 2. The zero-order valence-corrected chi connectivity index (χ0v) is 14.2. The summed E-state index contributed by atoms with van der Waals surface area (Å²) in [6, 6.07) is 20.0. The maximum atomic E-state index is 6.25. The Hall–Kier alpha value is -1.55. The molecule has 0 spiro atoms. The van der Waals surface area contributed by atoms with E-state index >= 15 is 0 Å². The van der Waals surface area contributed by atoms with Gasteiger partial charge in [-0.1, -0.05) is 57.9 Å². The lowest BCUT2D eigenvalue weighted by molar-refractivity contribution is 0.493. The van der Waals surface area contributed by atoms with Gasteiger partial charge in [0.15, 0.2) is 0 Å².